The van der Waals surface area contributed by atoms with Gasteiger partial charge in [-0.15, -0.1) is 0 Å². The summed E-state index contributed by atoms with van der Waals surface area (Å²) in [5.74, 6) is -0.844. The Balaban J connectivity index is 2.18. The Bertz CT molecular complexity index is 785. The second kappa shape index (κ2) is 4.33. The Labute approximate surface area is 111 Å². The molecule has 0 spiro atoms. The lowest BCUT2D eigenvalue weighted by Crippen LogP contribution is -2.02. The van der Waals surface area contributed by atoms with E-state index >= 15 is 0 Å². The van der Waals surface area contributed by atoms with Crippen molar-refractivity contribution in [3.05, 3.63) is 41.5 Å². The third-order valence-electron chi connectivity index (χ3n) is 2.52. The van der Waals surface area contributed by atoms with Crippen LogP contribution < -0.4 is 0 Å². The molecule has 0 amide bonds. The monoisotopic (exact) mass is 275 g/mol. The van der Waals surface area contributed by atoms with E-state index in [1.807, 2.05) is 0 Å². The van der Waals surface area contributed by atoms with E-state index in [1.54, 1.807) is 12.1 Å². The lowest BCUT2D eigenvalue weighted by atomic mass is 10.2. The van der Waals surface area contributed by atoms with E-state index in [2.05, 4.69) is 15.0 Å². The molecule has 1 N–H and O–H groups in total. The highest BCUT2D eigenvalue weighted by atomic mass is 35.5. The Morgan fingerprint density at radius 3 is 2.95 bits per heavy atom. The highest BCUT2D eigenvalue weighted by Gasteiger charge is 2.12. The molecule has 3 aromatic rings. The number of rotatable bonds is 2. The van der Waals surface area contributed by atoms with Gasteiger partial charge in [0.25, 0.3) is 0 Å². The van der Waals surface area contributed by atoms with Crippen LogP contribution in [0.2, 0.25) is 5.02 Å². The van der Waals surface area contributed by atoms with Crippen molar-refractivity contribution < 1.29 is 14.3 Å². The lowest BCUT2D eigenvalue weighted by molar-refractivity contribution is 0.0690. The van der Waals surface area contributed by atoms with Gasteiger partial charge >= 0.3 is 5.97 Å². The zero-order valence-corrected chi connectivity index (χ0v) is 10.1. The number of aromatic nitrogens is 3. The Morgan fingerprint density at radius 1 is 1.32 bits per heavy atom. The molecule has 19 heavy (non-hydrogen) atoms. The molecular formula is C12H6ClN3O3. The van der Waals surface area contributed by atoms with Gasteiger partial charge in [0.2, 0.25) is 0 Å². The number of carboxylic acid groups (broad SMARTS) is 1. The lowest BCUT2D eigenvalue weighted by Gasteiger charge is -2.02. The van der Waals surface area contributed by atoms with Crippen LogP contribution >= 0.6 is 11.6 Å². The molecule has 0 saturated carbocycles. The number of nitrogens with zero attached hydrogens (tertiary/aromatic N) is 3. The van der Waals surface area contributed by atoms with Gasteiger partial charge in [-0.3, -0.25) is 0 Å². The fourth-order valence-electron chi connectivity index (χ4n) is 1.67. The van der Waals surface area contributed by atoms with Crippen molar-refractivity contribution in [3.8, 4) is 11.4 Å². The molecule has 7 heteroatoms. The smallest absolute Gasteiger partial charge is 0.354 e. The number of aromatic carboxylic acids is 1. The van der Waals surface area contributed by atoms with Crippen molar-refractivity contribution in [1.29, 1.82) is 0 Å². The molecule has 2 heterocycles. The van der Waals surface area contributed by atoms with Gasteiger partial charge in [0.05, 0.1) is 5.02 Å². The zero-order chi connectivity index (χ0) is 13.4. The van der Waals surface area contributed by atoms with Crippen LogP contribution in [0.25, 0.3) is 22.5 Å². The molecule has 0 radical (unpaired) electrons. The molecule has 0 bridgehead atoms. The van der Waals surface area contributed by atoms with Crippen LogP contribution in [0.3, 0.4) is 0 Å². The first-order chi connectivity index (χ1) is 9.15. The van der Waals surface area contributed by atoms with Crippen molar-refractivity contribution in [3.63, 3.8) is 0 Å². The van der Waals surface area contributed by atoms with Gasteiger partial charge in [0.15, 0.2) is 23.5 Å². The van der Waals surface area contributed by atoms with Crippen molar-refractivity contribution >= 4 is 28.7 Å². The highest BCUT2D eigenvalue weighted by Crippen LogP contribution is 2.28. The highest BCUT2D eigenvalue weighted by molar-refractivity contribution is 6.35. The summed E-state index contributed by atoms with van der Waals surface area (Å²) in [5, 5.41) is 9.28. The predicted octanol–water partition coefficient (Wildman–Crippen LogP) is 2.64. The SMILES string of the molecule is O=C(O)c1ccnc(-c2cc(Cl)c3ocnc3c2)n1. The Hall–Kier alpha value is -2.47. The van der Waals surface area contributed by atoms with Crippen LogP contribution in [0.4, 0.5) is 0 Å². The summed E-state index contributed by atoms with van der Waals surface area (Å²) < 4.78 is 5.12. The number of hydrogen-bond donors (Lipinski definition) is 1. The van der Waals surface area contributed by atoms with Crippen LogP contribution in [0.1, 0.15) is 10.5 Å². The van der Waals surface area contributed by atoms with Crippen LogP contribution in [-0.2, 0) is 0 Å². The normalized spacial score (nSPS) is 10.8. The van der Waals surface area contributed by atoms with E-state index in [9.17, 15) is 4.79 Å². The molecule has 0 unspecified atom stereocenters. The summed E-state index contributed by atoms with van der Waals surface area (Å²) in [6.45, 7) is 0. The third kappa shape index (κ3) is 2.02. The van der Waals surface area contributed by atoms with Gasteiger partial charge in [0, 0.05) is 11.8 Å². The second-order valence-corrected chi connectivity index (χ2v) is 4.14. The topological polar surface area (TPSA) is 89.1 Å². The fourth-order valence-corrected chi connectivity index (χ4v) is 1.93. The van der Waals surface area contributed by atoms with Crippen LogP contribution in [0, 0.1) is 0 Å². The molecule has 2 aromatic heterocycles. The van der Waals surface area contributed by atoms with Crippen molar-refractivity contribution in [1.82, 2.24) is 15.0 Å². The maximum atomic E-state index is 10.9. The van der Waals surface area contributed by atoms with E-state index < -0.39 is 5.97 Å². The van der Waals surface area contributed by atoms with E-state index in [-0.39, 0.29) is 11.5 Å². The maximum absolute atomic E-state index is 10.9. The summed E-state index contributed by atoms with van der Waals surface area (Å²) in [6, 6.07) is 4.61. The van der Waals surface area contributed by atoms with E-state index in [1.165, 1.54) is 18.7 Å². The molecule has 0 saturated heterocycles. The summed E-state index contributed by atoms with van der Waals surface area (Å²) in [7, 11) is 0. The van der Waals surface area contributed by atoms with Gasteiger partial charge in [-0.25, -0.2) is 19.7 Å². The Morgan fingerprint density at radius 2 is 2.16 bits per heavy atom. The van der Waals surface area contributed by atoms with Crippen molar-refractivity contribution in [2.45, 2.75) is 0 Å². The van der Waals surface area contributed by atoms with Crippen molar-refractivity contribution in [2.75, 3.05) is 0 Å². The molecule has 6 nitrogen and oxygen atoms in total. The molecule has 0 atom stereocenters. The van der Waals surface area contributed by atoms with Crippen LogP contribution in [-0.4, -0.2) is 26.0 Å². The summed E-state index contributed by atoms with van der Waals surface area (Å²) in [6.07, 6.45) is 2.67. The molecule has 3 rings (SSSR count). The number of hydrogen-bond acceptors (Lipinski definition) is 5. The van der Waals surface area contributed by atoms with Crippen molar-refractivity contribution in [2.24, 2.45) is 0 Å². The number of benzene rings is 1. The predicted molar refractivity (Wildman–Crippen MR) is 67.0 cm³/mol. The third-order valence-corrected chi connectivity index (χ3v) is 2.80. The van der Waals surface area contributed by atoms with Crippen LogP contribution in [0.15, 0.2) is 35.2 Å². The molecule has 0 aliphatic carbocycles. The van der Waals surface area contributed by atoms with Gasteiger partial charge < -0.3 is 9.52 Å². The van der Waals surface area contributed by atoms with Gasteiger partial charge in [-0.1, -0.05) is 11.6 Å². The summed E-state index contributed by atoms with van der Waals surface area (Å²) in [4.78, 5) is 22.9. The molecule has 0 fully saturated rings. The fraction of sp³-hybridized carbons (Fsp3) is 0. The number of carbonyl (C=O) groups is 1. The Kier molecular flexibility index (Phi) is 2.64. The molecule has 0 aliphatic rings. The minimum absolute atomic E-state index is 0.0821. The minimum Gasteiger partial charge on any atom is -0.477 e. The number of fused-ring (bicyclic) bond motifs is 1. The first kappa shape index (κ1) is 11.6. The quantitative estimate of drug-likeness (QED) is 0.773. The first-order valence-corrected chi connectivity index (χ1v) is 5.62. The first-order valence-electron chi connectivity index (χ1n) is 5.24. The van der Waals surface area contributed by atoms with E-state index in [0.717, 1.165) is 0 Å². The molecular weight excluding hydrogens is 270 g/mol. The standard InChI is InChI=1S/C12H6ClN3O3/c13-7-3-6(4-9-10(7)19-5-15-9)11-14-2-1-8(16-11)12(17)18/h1-5H,(H,17,18). The maximum Gasteiger partial charge on any atom is 0.354 e. The summed E-state index contributed by atoms with van der Waals surface area (Å²) in [5.41, 5.74) is 1.53. The van der Waals surface area contributed by atoms with Gasteiger partial charge in [-0.05, 0) is 18.2 Å². The molecule has 94 valence electrons. The summed E-state index contributed by atoms with van der Waals surface area (Å²) >= 11 is 6.05. The number of carboxylic acids is 1. The van der Waals surface area contributed by atoms with Gasteiger partial charge in [0.1, 0.15) is 5.52 Å². The van der Waals surface area contributed by atoms with E-state index in [4.69, 9.17) is 21.1 Å². The molecule has 0 aliphatic heterocycles. The number of oxazole rings is 1. The van der Waals surface area contributed by atoms with E-state index in [0.29, 0.717) is 21.7 Å². The van der Waals surface area contributed by atoms with Crippen LogP contribution in [0.5, 0.6) is 0 Å². The second-order valence-electron chi connectivity index (χ2n) is 3.73. The molecule has 1 aromatic carbocycles. The number of halogens is 1. The zero-order valence-electron chi connectivity index (χ0n) is 9.37. The van der Waals surface area contributed by atoms with Gasteiger partial charge in [-0.2, -0.15) is 0 Å². The average molecular weight is 276 g/mol. The largest absolute Gasteiger partial charge is 0.477 e. The minimum atomic E-state index is -1.11. The average Bonchev–Trinajstić information content (AvgIpc) is 2.87.